The van der Waals surface area contributed by atoms with Gasteiger partial charge in [-0.15, -0.1) is 0 Å². The monoisotopic (exact) mass is 243 g/mol. The lowest BCUT2D eigenvalue weighted by atomic mass is 10.2. The first-order valence-electron chi connectivity index (χ1n) is 4.49. The molecule has 0 spiro atoms. The van der Waals surface area contributed by atoms with Crippen molar-refractivity contribution >= 4 is 21.8 Å². The van der Waals surface area contributed by atoms with E-state index in [-0.39, 0.29) is 5.91 Å². The fraction of sp³-hybridized carbons (Fsp3) is 0.500. The Kier molecular flexibility index (Phi) is 4.22. The predicted molar refractivity (Wildman–Crippen MR) is 57.6 cm³/mol. The maximum atomic E-state index is 11.3. The number of hydrogen-bond donors (Lipinski definition) is 1. The predicted octanol–water partition coefficient (Wildman–Crippen LogP) is 2.51. The number of carbonyl (C=O) groups excluding carboxylic acids is 1. The zero-order chi connectivity index (χ0) is 9.68. The van der Waals surface area contributed by atoms with Gasteiger partial charge in [0, 0.05) is 17.1 Å². The summed E-state index contributed by atoms with van der Waals surface area (Å²) in [5.41, 5.74) is 1.28. The number of amides is 1. The van der Waals surface area contributed by atoms with Crippen LogP contribution < -0.4 is 5.32 Å². The highest BCUT2D eigenvalue weighted by Crippen LogP contribution is 2.23. The topological polar surface area (TPSA) is 29.1 Å². The second kappa shape index (κ2) is 5.22. The van der Waals surface area contributed by atoms with E-state index in [4.69, 9.17) is 0 Å². The maximum Gasteiger partial charge on any atom is 0.244 e. The highest BCUT2D eigenvalue weighted by atomic mass is 79.9. The molecule has 1 saturated carbocycles. The molecule has 1 aliphatic rings. The van der Waals surface area contributed by atoms with Crippen molar-refractivity contribution in [3.63, 3.8) is 0 Å². The highest BCUT2D eigenvalue weighted by molar-refractivity contribution is 9.11. The summed E-state index contributed by atoms with van der Waals surface area (Å²) in [6, 6.07) is 0. The van der Waals surface area contributed by atoms with Crippen molar-refractivity contribution in [2.75, 3.05) is 6.54 Å². The van der Waals surface area contributed by atoms with Crippen molar-refractivity contribution < 1.29 is 4.79 Å². The smallest absolute Gasteiger partial charge is 0.244 e. The lowest BCUT2D eigenvalue weighted by Crippen LogP contribution is -2.22. The van der Waals surface area contributed by atoms with Crippen LogP contribution in [0.15, 0.2) is 22.7 Å². The van der Waals surface area contributed by atoms with E-state index in [9.17, 15) is 4.79 Å². The minimum Gasteiger partial charge on any atom is -0.348 e. The van der Waals surface area contributed by atoms with Gasteiger partial charge in [-0.25, -0.2) is 0 Å². The van der Waals surface area contributed by atoms with Crippen LogP contribution in [0.25, 0.3) is 0 Å². The zero-order valence-corrected chi connectivity index (χ0v) is 9.19. The Bertz CT molecular complexity index is 237. The van der Waals surface area contributed by atoms with E-state index in [0.29, 0.717) is 6.54 Å². The SMILES string of the molecule is C=C(Br)CNC(=O)C=C1CCCC1. The minimum atomic E-state index is -0.00231. The van der Waals surface area contributed by atoms with Gasteiger partial charge in [0.1, 0.15) is 0 Å². The van der Waals surface area contributed by atoms with Crippen LogP contribution >= 0.6 is 15.9 Å². The molecule has 0 saturated heterocycles. The first-order valence-corrected chi connectivity index (χ1v) is 5.28. The van der Waals surface area contributed by atoms with Gasteiger partial charge in [0.05, 0.1) is 0 Å². The van der Waals surface area contributed by atoms with Crippen LogP contribution in [-0.4, -0.2) is 12.5 Å². The van der Waals surface area contributed by atoms with Crippen LogP contribution in [0.3, 0.4) is 0 Å². The van der Waals surface area contributed by atoms with Crippen LogP contribution in [0.5, 0.6) is 0 Å². The first kappa shape index (κ1) is 10.5. The number of hydrogen-bond acceptors (Lipinski definition) is 1. The maximum absolute atomic E-state index is 11.3. The van der Waals surface area contributed by atoms with Gasteiger partial charge in [-0.05, 0) is 25.7 Å². The van der Waals surface area contributed by atoms with Crippen molar-refractivity contribution in [1.82, 2.24) is 5.32 Å². The molecule has 0 unspecified atom stereocenters. The number of nitrogens with one attached hydrogen (secondary N) is 1. The molecule has 0 atom stereocenters. The molecule has 0 aromatic rings. The molecule has 0 radical (unpaired) electrons. The summed E-state index contributed by atoms with van der Waals surface area (Å²) in [5, 5.41) is 2.75. The molecule has 13 heavy (non-hydrogen) atoms. The van der Waals surface area contributed by atoms with E-state index in [1.807, 2.05) is 0 Å². The molecule has 0 aromatic carbocycles. The second-order valence-electron chi connectivity index (χ2n) is 3.24. The van der Waals surface area contributed by atoms with Crippen molar-refractivity contribution in [2.24, 2.45) is 0 Å². The van der Waals surface area contributed by atoms with Gasteiger partial charge in [-0.1, -0.05) is 28.1 Å². The van der Waals surface area contributed by atoms with Crippen LogP contribution in [0.1, 0.15) is 25.7 Å². The Labute approximate surface area is 87.2 Å². The van der Waals surface area contributed by atoms with Gasteiger partial charge < -0.3 is 5.32 Å². The molecular formula is C10H14BrNO. The third-order valence-electron chi connectivity index (χ3n) is 2.04. The van der Waals surface area contributed by atoms with Crippen molar-refractivity contribution in [1.29, 1.82) is 0 Å². The van der Waals surface area contributed by atoms with Gasteiger partial charge in [-0.3, -0.25) is 4.79 Å². The Morgan fingerprint density at radius 3 is 2.69 bits per heavy atom. The Hall–Kier alpha value is -0.570. The van der Waals surface area contributed by atoms with E-state index in [1.54, 1.807) is 6.08 Å². The quantitative estimate of drug-likeness (QED) is 0.759. The summed E-state index contributed by atoms with van der Waals surface area (Å²) in [6.07, 6.45) is 6.35. The fourth-order valence-corrected chi connectivity index (χ4v) is 1.53. The van der Waals surface area contributed by atoms with Crippen LogP contribution in [-0.2, 0) is 4.79 Å². The van der Waals surface area contributed by atoms with Crippen molar-refractivity contribution in [3.05, 3.63) is 22.7 Å². The molecule has 0 aliphatic heterocycles. The van der Waals surface area contributed by atoms with Crippen LogP contribution in [0.4, 0.5) is 0 Å². The van der Waals surface area contributed by atoms with Gasteiger partial charge >= 0.3 is 0 Å². The molecule has 1 fully saturated rings. The highest BCUT2D eigenvalue weighted by Gasteiger charge is 2.07. The van der Waals surface area contributed by atoms with E-state index < -0.39 is 0 Å². The molecule has 0 heterocycles. The standard InChI is InChI=1S/C10H14BrNO/c1-8(11)7-12-10(13)6-9-4-2-3-5-9/h6H,1-5,7H2,(H,12,13). The summed E-state index contributed by atoms with van der Waals surface area (Å²) in [4.78, 5) is 11.3. The number of halogens is 1. The van der Waals surface area contributed by atoms with Crippen molar-refractivity contribution in [2.45, 2.75) is 25.7 Å². The number of allylic oxidation sites excluding steroid dienone is 1. The molecule has 72 valence electrons. The summed E-state index contributed by atoms with van der Waals surface area (Å²) in [6.45, 7) is 4.14. The molecule has 3 heteroatoms. The molecule has 2 nitrogen and oxygen atoms in total. The molecule has 0 bridgehead atoms. The summed E-state index contributed by atoms with van der Waals surface area (Å²) in [5.74, 6) is -0.00231. The largest absolute Gasteiger partial charge is 0.348 e. The summed E-state index contributed by atoms with van der Waals surface area (Å²) >= 11 is 3.19. The number of carbonyl (C=O) groups is 1. The van der Waals surface area contributed by atoms with E-state index >= 15 is 0 Å². The van der Waals surface area contributed by atoms with Crippen LogP contribution in [0, 0.1) is 0 Å². The van der Waals surface area contributed by atoms with E-state index in [2.05, 4.69) is 27.8 Å². The minimum absolute atomic E-state index is 0.00231. The first-order chi connectivity index (χ1) is 6.18. The third-order valence-corrected chi connectivity index (χ3v) is 2.32. The fourth-order valence-electron chi connectivity index (χ4n) is 1.39. The van der Waals surface area contributed by atoms with Gasteiger partial charge in [0.2, 0.25) is 5.91 Å². The Morgan fingerprint density at radius 1 is 1.54 bits per heavy atom. The molecule has 0 aromatic heterocycles. The Balaban J connectivity index is 2.31. The lowest BCUT2D eigenvalue weighted by Gasteiger charge is -2.00. The Morgan fingerprint density at radius 2 is 2.15 bits per heavy atom. The van der Waals surface area contributed by atoms with E-state index in [0.717, 1.165) is 17.3 Å². The average Bonchev–Trinajstić information content (AvgIpc) is 2.53. The third kappa shape index (κ3) is 4.27. The van der Waals surface area contributed by atoms with Gasteiger partial charge in [0.15, 0.2) is 0 Å². The summed E-state index contributed by atoms with van der Waals surface area (Å²) in [7, 11) is 0. The second-order valence-corrected chi connectivity index (χ2v) is 4.37. The summed E-state index contributed by atoms with van der Waals surface area (Å²) < 4.78 is 0.797. The van der Waals surface area contributed by atoms with E-state index in [1.165, 1.54) is 18.4 Å². The average molecular weight is 244 g/mol. The zero-order valence-electron chi connectivity index (χ0n) is 7.61. The van der Waals surface area contributed by atoms with Gasteiger partial charge in [0.25, 0.3) is 0 Å². The van der Waals surface area contributed by atoms with Crippen LogP contribution in [0.2, 0.25) is 0 Å². The normalized spacial score (nSPS) is 15.6. The molecule has 1 rings (SSSR count). The van der Waals surface area contributed by atoms with Gasteiger partial charge in [-0.2, -0.15) is 0 Å². The number of rotatable bonds is 3. The molecular weight excluding hydrogens is 230 g/mol. The van der Waals surface area contributed by atoms with Crippen molar-refractivity contribution in [3.8, 4) is 0 Å². The molecule has 1 N–H and O–H groups in total. The molecule has 1 aliphatic carbocycles. The lowest BCUT2D eigenvalue weighted by molar-refractivity contribution is -0.116. The molecule has 1 amide bonds.